The molecule has 0 unspecified atom stereocenters. The zero-order valence-corrected chi connectivity index (χ0v) is 13.3. The van der Waals surface area contributed by atoms with E-state index in [9.17, 15) is 14.9 Å². The van der Waals surface area contributed by atoms with E-state index in [2.05, 4.69) is 5.32 Å². The molecule has 0 radical (unpaired) electrons. The first-order valence-corrected chi connectivity index (χ1v) is 7.51. The van der Waals surface area contributed by atoms with Crippen LogP contribution in [0.5, 0.6) is 5.75 Å². The number of benzene rings is 2. The van der Waals surface area contributed by atoms with Crippen molar-refractivity contribution in [3.05, 3.63) is 75.8 Å². The van der Waals surface area contributed by atoms with Crippen LogP contribution in [0, 0.1) is 10.1 Å². The lowest BCUT2D eigenvalue weighted by Gasteiger charge is -2.09. The van der Waals surface area contributed by atoms with E-state index in [0.717, 1.165) is 11.3 Å². The maximum atomic E-state index is 11.9. The second-order valence-corrected chi connectivity index (χ2v) is 4.94. The highest BCUT2D eigenvalue weighted by Gasteiger charge is 2.04. The van der Waals surface area contributed by atoms with E-state index in [4.69, 9.17) is 4.74 Å². The zero-order valence-electron chi connectivity index (χ0n) is 13.3. The number of nitro groups is 1. The number of hydrogen-bond donors (Lipinski definition) is 1. The Kier molecular flexibility index (Phi) is 6.08. The Morgan fingerprint density at radius 3 is 2.58 bits per heavy atom. The van der Waals surface area contributed by atoms with Gasteiger partial charge in [0.15, 0.2) is 0 Å². The number of hydrogen-bond acceptors (Lipinski definition) is 4. The fraction of sp³-hybridized carbons (Fsp3) is 0.167. The first-order chi connectivity index (χ1) is 11.6. The highest BCUT2D eigenvalue weighted by molar-refractivity contribution is 5.91. The van der Waals surface area contributed by atoms with Crippen molar-refractivity contribution < 1.29 is 14.5 Å². The SMILES string of the molecule is CCOc1ccccc1CNC(=O)/C=C/c1ccc([N+](=O)[O-])cc1. The Bertz CT molecular complexity index is 739. The highest BCUT2D eigenvalue weighted by Crippen LogP contribution is 2.17. The van der Waals surface area contributed by atoms with Gasteiger partial charge in [-0.3, -0.25) is 14.9 Å². The van der Waals surface area contributed by atoms with E-state index in [0.29, 0.717) is 18.7 Å². The van der Waals surface area contributed by atoms with Crippen LogP contribution in [-0.4, -0.2) is 17.4 Å². The first-order valence-electron chi connectivity index (χ1n) is 7.51. The average molecular weight is 326 g/mol. The average Bonchev–Trinajstić information content (AvgIpc) is 2.60. The first kappa shape index (κ1) is 17.2. The van der Waals surface area contributed by atoms with Crippen molar-refractivity contribution in [3.8, 4) is 5.75 Å². The number of non-ortho nitro benzene ring substituents is 1. The smallest absolute Gasteiger partial charge is 0.269 e. The fourth-order valence-electron chi connectivity index (χ4n) is 2.07. The summed E-state index contributed by atoms with van der Waals surface area (Å²) in [5, 5.41) is 13.4. The van der Waals surface area contributed by atoms with Gasteiger partial charge >= 0.3 is 0 Å². The fourth-order valence-corrected chi connectivity index (χ4v) is 2.07. The van der Waals surface area contributed by atoms with Crippen LogP contribution in [0.4, 0.5) is 5.69 Å². The molecule has 0 aromatic heterocycles. The Morgan fingerprint density at radius 2 is 1.92 bits per heavy atom. The summed E-state index contributed by atoms with van der Waals surface area (Å²) in [5.41, 5.74) is 1.63. The molecule has 2 aromatic carbocycles. The van der Waals surface area contributed by atoms with E-state index >= 15 is 0 Å². The highest BCUT2D eigenvalue weighted by atomic mass is 16.6. The van der Waals surface area contributed by atoms with Crippen molar-refractivity contribution in [1.29, 1.82) is 0 Å². The maximum absolute atomic E-state index is 11.9. The summed E-state index contributed by atoms with van der Waals surface area (Å²) >= 11 is 0. The minimum atomic E-state index is -0.462. The summed E-state index contributed by atoms with van der Waals surface area (Å²) in [6.07, 6.45) is 3.00. The van der Waals surface area contributed by atoms with Crippen LogP contribution in [-0.2, 0) is 11.3 Å². The molecule has 0 heterocycles. The van der Waals surface area contributed by atoms with Crippen LogP contribution in [0.15, 0.2) is 54.6 Å². The standard InChI is InChI=1S/C18H18N2O4/c1-2-24-17-6-4-3-5-15(17)13-19-18(21)12-9-14-7-10-16(11-8-14)20(22)23/h3-12H,2,13H2,1H3,(H,19,21)/b12-9+. The maximum Gasteiger partial charge on any atom is 0.269 e. The summed E-state index contributed by atoms with van der Waals surface area (Å²) in [6.45, 7) is 2.83. The van der Waals surface area contributed by atoms with Crippen LogP contribution in [0.25, 0.3) is 6.08 Å². The molecule has 0 saturated heterocycles. The number of amides is 1. The largest absolute Gasteiger partial charge is 0.494 e. The molecule has 0 spiro atoms. The van der Waals surface area contributed by atoms with E-state index < -0.39 is 4.92 Å². The lowest BCUT2D eigenvalue weighted by Crippen LogP contribution is -2.20. The number of carbonyl (C=O) groups excluding carboxylic acids is 1. The van der Waals surface area contributed by atoms with Crippen LogP contribution >= 0.6 is 0 Å². The predicted molar refractivity (Wildman–Crippen MR) is 91.6 cm³/mol. The third-order valence-electron chi connectivity index (χ3n) is 3.26. The van der Waals surface area contributed by atoms with Crippen LogP contribution < -0.4 is 10.1 Å². The van der Waals surface area contributed by atoms with E-state index in [-0.39, 0.29) is 11.6 Å². The molecule has 1 amide bonds. The van der Waals surface area contributed by atoms with Crippen molar-refractivity contribution in [2.45, 2.75) is 13.5 Å². The quantitative estimate of drug-likeness (QED) is 0.481. The van der Waals surface area contributed by atoms with Crippen molar-refractivity contribution in [1.82, 2.24) is 5.32 Å². The van der Waals surface area contributed by atoms with Crippen molar-refractivity contribution in [2.75, 3.05) is 6.61 Å². The molecule has 124 valence electrons. The molecular formula is C18H18N2O4. The summed E-state index contributed by atoms with van der Waals surface area (Å²) in [7, 11) is 0. The Hall–Kier alpha value is -3.15. The second-order valence-electron chi connectivity index (χ2n) is 4.94. The minimum Gasteiger partial charge on any atom is -0.494 e. The van der Waals surface area contributed by atoms with Crippen LogP contribution in [0.1, 0.15) is 18.1 Å². The molecule has 0 atom stereocenters. The molecule has 6 nitrogen and oxygen atoms in total. The lowest BCUT2D eigenvalue weighted by molar-refractivity contribution is -0.384. The van der Waals surface area contributed by atoms with E-state index in [1.165, 1.54) is 18.2 Å². The van der Waals surface area contributed by atoms with Gasteiger partial charge in [-0.2, -0.15) is 0 Å². The number of para-hydroxylation sites is 1. The molecule has 24 heavy (non-hydrogen) atoms. The van der Waals surface area contributed by atoms with Crippen LogP contribution in [0.2, 0.25) is 0 Å². The topological polar surface area (TPSA) is 81.5 Å². The van der Waals surface area contributed by atoms with Gasteiger partial charge in [-0.15, -0.1) is 0 Å². The van der Waals surface area contributed by atoms with Crippen molar-refractivity contribution in [3.63, 3.8) is 0 Å². The van der Waals surface area contributed by atoms with Gasteiger partial charge in [0.2, 0.25) is 5.91 Å². The van der Waals surface area contributed by atoms with Crippen molar-refractivity contribution in [2.24, 2.45) is 0 Å². The molecule has 0 bridgehead atoms. The summed E-state index contributed by atoms with van der Waals surface area (Å²) in [5.74, 6) is 0.499. The Morgan fingerprint density at radius 1 is 1.21 bits per heavy atom. The number of nitrogens with one attached hydrogen (secondary N) is 1. The molecule has 6 heteroatoms. The molecule has 0 fully saturated rings. The zero-order chi connectivity index (χ0) is 17.4. The van der Waals surface area contributed by atoms with Gasteiger partial charge in [-0.25, -0.2) is 0 Å². The normalized spacial score (nSPS) is 10.5. The summed E-state index contributed by atoms with van der Waals surface area (Å²) in [6, 6.07) is 13.5. The van der Waals surface area contributed by atoms with Gasteiger partial charge in [-0.05, 0) is 36.8 Å². The summed E-state index contributed by atoms with van der Waals surface area (Å²) < 4.78 is 5.50. The predicted octanol–water partition coefficient (Wildman–Crippen LogP) is 3.32. The third kappa shape index (κ3) is 4.95. The van der Waals surface area contributed by atoms with Gasteiger partial charge < -0.3 is 10.1 Å². The minimum absolute atomic E-state index is 0.0177. The van der Waals surface area contributed by atoms with Crippen molar-refractivity contribution >= 4 is 17.7 Å². The molecule has 2 aromatic rings. The molecule has 0 aliphatic carbocycles. The molecule has 1 N–H and O–H groups in total. The third-order valence-corrected chi connectivity index (χ3v) is 3.26. The number of nitrogens with zero attached hydrogens (tertiary/aromatic N) is 1. The molecule has 0 aliphatic heterocycles. The number of carbonyl (C=O) groups is 1. The van der Waals surface area contributed by atoms with Gasteiger partial charge in [0.05, 0.1) is 11.5 Å². The Balaban J connectivity index is 1.92. The van der Waals surface area contributed by atoms with E-state index in [1.807, 2.05) is 31.2 Å². The number of rotatable bonds is 7. The van der Waals surface area contributed by atoms with Crippen LogP contribution in [0.3, 0.4) is 0 Å². The number of ether oxygens (including phenoxy) is 1. The van der Waals surface area contributed by atoms with E-state index in [1.54, 1.807) is 18.2 Å². The molecule has 2 rings (SSSR count). The lowest BCUT2D eigenvalue weighted by atomic mass is 10.2. The number of nitro benzene ring substituents is 1. The Labute approximate surface area is 139 Å². The summed E-state index contributed by atoms with van der Waals surface area (Å²) in [4.78, 5) is 22.0. The molecular weight excluding hydrogens is 308 g/mol. The van der Waals surface area contributed by atoms with Gasteiger partial charge in [0, 0.05) is 30.3 Å². The second kappa shape index (κ2) is 8.47. The van der Waals surface area contributed by atoms with Gasteiger partial charge in [-0.1, -0.05) is 18.2 Å². The molecule has 0 saturated carbocycles. The van der Waals surface area contributed by atoms with Gasteiger partial charge in [0.1, 0.15) is 5.75 Å². The monoisotopic (exact) mass is 326 g/mol. The molecule has 0 aliphatic rings. The van der Waals surface area contributed by atoms with Gasteiger partial charge in [0.25, 0.3) is 5.69 Å².